The molecular weight excluding hydrogens is 204 g/mol. The number of hydrogen-bond donors (Lipinski definition) is 1. The van der Waals surface area contributed by atoms with Crippen molar-refractivity contribution in [3.05, 3.63) is 0 Å². The maximum atomic E-state index is 11.8. The van der Waals surface area contributed by atoms with Crippen LogP contribution < -0.4 is 5.73 Å². The summed E-state index contributed by atoms with van der Waals surface area (Å²) in [7, 11) is 0. The molecule has 0 spiro atoms. The monoisotopic (exact) mass is 226 g/mol. The number of morpholine rings is 1. The van der Waals surface area contributed by atoms with Crippen LogP contribution in [0.3, 0.4) is 0 Å². The van der Waals surface area contributed by atoms with Crippen LogP contribution in [0.4, 0.5) is 0 Å². The number of nitrogens with zero attached hydrogens (tertiary/aromatic N) is 1. The van der Waals surface area contributed by atoms with Gasteiger partial charge in [-0.05, 0) is 45.6 Å². The van der Waals surface area contributed by atoms with Crippen LogP contribution in [0.25, 0.3) is 0 Å². The van der Waals surface area contributed by atoms with Crippen LogP contribution in [0.15, 0.2) is 0 Å². The Morgan fingerprint density at radius 3 is 2.88 bits per heavy atom. The Labute approximate surface area is 97.1 Å². The number of amides is 1. The lowest BCUT2D eigenvalue weighted by atomic mass is 9.88. The number of ether oxygens (including phenoxy) is 1. The molecule has 2 fully saturated rings. The summed E-state index contributed by atoms with van der Waals surface area (Å²) in [4.78, 5) is 13.8. The Bertz CT molecular complexity index is 266. The lowest BCUT2D eigenvalue weighted by molar-refractivity contribution is -0.169. The standard InChI is InChI=1S/C12H22N2O2/c1-12(6-3-7-13)9-14(10-4-2-5-10)11(15)8-16-12/h10H,2-9,13H2,1H3. The number of carbonyl (C=O) groups excluding carboxylic acids is 1. The first-order valence-electron chi connectivity index (χ1n) is 6.28. The van der Waals surface area contributed by atoms with Crippen LogP contribution in [-0.4, -0.2) is 42.1 Å². The Balaban J connectivity index is 1.94. The number of hydrogen-bond acceptors (Lipinski definition) is 3. The lowest BCUT2D eigenvalue weighted by Crippen LogP contribution is -2.58. The van der Waals surface area contributed by atoms with Gasteiger partial charge in [-0.25, -0.2) is 0 Å². The Kier molecular flexibility index (Phi) is 3.50. The van der Waals surface area contributed by atoms with E-state index in [0.29, 0.717) is 12.6 Å². The summed E-state index contributed by atoms with van der Waals surface area (Å²) < 4.78 is 5.68. The molecule has 0 aromatic heterocycles. The van der Waals surface area contributed by atoms with E-state index in [4.69, 9.17) is 10.5 Å². The maximum absolute atomic E-state index is 11.8. The topological polar surface area (TPSA) is 55.6 Å². The van der Waals surface area contributed by atoms with Crippen molar-refractivity contribution in [3.8, 4) is 0 Å². The highest BCUT2D eigenvalue weighted by atomic mass is 16.5. The largest absolute Gasteiger partial charge is 0.364 e. The van der Waals surface area contributed by atoms with Crippen molar-refractivity contribution in [2.75, 3.05) is 19.7 Å². The molecule has 92 valence electrons. The smallest absolute Gasteiger partial charge is 0.248 e. The summed E-state index contributed by atoms with van der Waals surface area (Å²) >= 11 is 0. The third-order valence-electron chi connectivity index (χ3n) is 3.79. The van der Waals surface area contributed by atoms with E-state index in [-0.39, 0.29) is 18.1 Å². The summed E-state index contributed by atoms with van der Waals surface area (Å²) in [6.45, 7) is 3.78. The molecule has 1 saturated carbocycles. The van der Waals surface area contributed by atoms with Gasteiger partial charge in [-0.3, -0.25) is 4.79 Å². The molecule has 0 aromatic carbocycles. The Morgan fingerprint density at radius 2 is 2.31 bits per heavy atom. The molecule has 1 saturated heterocycles. The molecule has 16 heavy (non-hydrogen) atoms. The Hall–Kier alpha value is -0.610. The van der Waals surface area contributed by atoms with Gasteiger partial charge in [0.25, 0.3) is 0 Å². The molecule has 1 aliphatic heterocycles. The molecule has 1 unspecified atom stereocenters. The van der Waals surface area contributed by atoms with Crippen molar-refractivity contribution in [2.45, 2.75) is 50.7 Å². The van der Waals surface area contributed by atoms with Gasteiger partial charge in [0.2, 0.25) is 5.91 Å². The molecule has 4 heteroatoms. The second-order valence-electron chi connectivity index (χ2n) is 5.24. The zero-order valence-corrected chi connectivity index (χ0v) is 10.1. The third-order valence-corrected chi connectivity index (χ3v) is 3.79. The number of rotatable bonds is 4. The maximum Gasteiger partial charge on any atom is 0.248 e. The highest BCUT2D eigenvalue weighted by Gasteiger charge is 2.39. The second kappa shape index (κ2) is 4.72. The van der Waals surface area contributed by atoms with E-state index in [9.17, 15) is 4.79 Å². The Morgan fingerprint density at radius 1 is 1.56 bits per heavy atom. The van der Waals surface area contributed by atoms with Crippen molar-refractivity contribution in [1.82, 2.24) is 4.90 Å². The van der Waals surface area contributed by atoms with Gasteiger partial charge in [0.1, 0.15) is 6.61 Å². The average molecular weight is 226 g/mol. The van der Waals surface area contributed by atoms with Crippen LogP contribution in [0, 0.1) is 0 Å². The van der Waals surface area contributed by atoms with Crippen molar-refractivity contribution < 1.29 is 9.53 Å². The van der Waals surface area contributed by atoms with Crippen LogP contribution in [0.2, 0.25) is 0 Å². The van der Waals surface area contributed by atoms with Crippen molar-refractivity contribution in [2.24, 2.45) is 5.73 Å². The molecule has 1 heterocycles. The molecule has 1 atom stereocenters. The number of carbonyl (C=O) groups is 1. The van der Waals surface area contributed by atoms with E-state index in [1.165, 1.54) is 19.3 Å². The first kappa shape index (κ1) is 11.9. The van der Waals surface area contributed by atoms with Gasteiger partial charge < -0.3 is 15.4 Å². The van der Waals surface area contributed by atoms with Crippen LogP contribution in [-0.2, 0) is 9.53 Å². The van der Waals surface area contributed by atoms with E-state index in [0.717, 1.165) is 19.4 Å². The highest BCUT2D eigenvalue weighted by Crippen LogP contribution is 2.31. The quantitative estimate of drug-likeness (QED) is 0.774. The lowest BCUT2D eigenvalue weighted by Gasteiger charge is -2.46. The summed E-state index contributed by atoms with van der Waals surface area (Å²) in [6, 6.07) is 0.480. The normalized spacial score (nSPS) is 31.6. The predicted octanol–water partition coefficient (Wildman–Crippen LogP) is 0.895. The zero-order valence-electron chi connectivity index (χ0n) is 10.1. The minimum atomic E-state index is -0.178. The van der Waals surface area contributed by atoms with Crippen molar-refractivity contribution in [1.29, 1.82) is 0 Å². The molecule has 4 nitrogen and oxygen atoms in total. The summed E-state index contributed by atoms with van der Waals surface area (Å²) in [5.41, 5.74) is 5.35. The molecule has 2 rings (SSSR count). The van der Waals surface area contributed by atoms with E-state index >= 15 is 0 Å². The predicted molar refractivity (Wildman–Crippen MR) is 62.0 cm³/mol. The first-order chi connectivity index (χ1) is 7.64. The summed E-state index contributed by atoms with van der Waals surface area (Å²) in [6.07, 6.45) is 5.50. The van der Waals surface area contributed by atoms with Gasteiger partial charge in [0.05, 0.1) is 5.60 Å². The van der Waals surface area contributed by atoms with Crippen LogP contribution >= 0.6 is 0 Å². The molecule has 2 N–H and O–H groups in total. The van der Waals surface area contributed by atoms with Gasteiger partial charge in [0, 0.05) is 12.6 Å². The molecule has 1 aliphatic carbocycles. The molecule has 1 amide bonds. The average Bonchev–Trinajstić information content (AvgIpc) is 2.19. The fourth-order valence-corrected chi connectivity index (χ4v) is 2.47. The van der Waals surface area contributed by atoms with E-state index in [1.807, 2.05) is 4.90 Å². The summed E-state index contributed by atoms with van der Waals surface area (Å²) in [5, 5.41) is 0. The van der Waals surface area contributed by atoms with Gasteiger partial charge in [0.15, 0.2) is 0 Å². The van der Waals surface area contributed by atoms with Crippen molar-refractivity contribution >= 4 is 5.91 Å². The second-order valence-corrected chi connectivity index (χ2v) is 5.24. The fraction of sp³-hybridized carbons (Fsp3) is 0.917. The first-order valence-corrected chi connectivity index (χ1v) is 6.28. The third kappa shape index (κ3) is 2.38. The fourth-order valence-electron chi connectivity index (χ4n) is 2.47. The zero-order chi connectivity index (χ0) is 11.6. The minimum Gasteiger partial charge on any atom is -0.364 e. The molecule has 0 bridgehead atoms. The molecule has 0 aromatic rings. The van der Waals surface area contributed by atoms with Gasteiger partial charge in [-0.1, -0.05) is 0 Å². The van der Waals surface area contributed by atoms with Crippen LogP contribution in [0.5, 0.6) is 0 Å². The van der Waals surface area contributed by atoms with Crippen molar-refractivity contribution in [3.63, 3.8) is 0 Å². The van der Waals surface area contributed by atoms with Crippen LogP contribution in [0.1, 0.15) is 39.0 Å². The van der Waals surface area contributed by atoms with E-state index in [2.05, 4.69) is 6.92 Å². The SMILES string of the molecule is CC1(CCCN)CN(C2CCC2)C(=O)CO1. The van der Waals surface area contributed by atoms with Gasteiger partial charge >= 0.3 is 0 Å². The summed E-state index contributed by atoms with van der Waals surface area (Å²) in [5.74, 6) is 0.162. The van der Waals surface area contributed by atoms with E-state index < -0.39 is 0 Å². The van der Waals surface area contributed by atoms with Gasteiger partial charge in [-0.15, -0.1) is 0 Å². The molecule has 2 aliphatic rings. The van der Waals surface area contributed by atoms with Gasteiger partial charge in [-0.2, -0.15) is 0 Å². The number of nitrogens with two attached hydrogens (primary N) is 1. The van der Waals surface area contributed by atoms with E-state index in [1.54, 1.807) is 0 Å². The minimum absolute atomic E-state index is 0.162. The molecular formula is C12H22N2O2. The highest BCUT2D eigenvalue weighted by molar-refractivity contribution is 5.78. The molecule has 0 radical (unpaired) electrons.